The SMILES string of the molecule is Cn1nc(-c2c3cnn(C4CCCCO4)c3cc3ccc(F)c(C#N)c23)c2c1c1c(OCc3ccccc3)nc(OC[C@@]34CCCN3C[C@H](F)C4)nc1n2C. The van der Waals surface area contributed by atoms with Gasteiger partial charge in [0, 0.05) is 50.0 Å². The summed E-state index contributed by atoms with van der Waals surface area (Å²) in [6.07, 6.45) is 5.71. The lowest BCUT2D eigenvalue weighted by Crippen LogP contribution is -2.43. The van der Waals surface area contributed by atoms with E-state index in [1.807, 2.05) is 59.7 Å². The molecule has 3 aromatic carbocycles. The fourth-order valence-electron chi connectivity index (χ4n) is 9.26. The number of hydrogen-bond donors (Lipinski definition) is 0. The highest BCUT2D eigenvalue weighted by Crippen LogP contribution is 2.46. The average Bonchev–Trinajstić information content (AvgIpc) is 4.00. The molecular formula is C41H39F2N9O3. The molecule has 3 saturated heterocycles. The molecule has 0 N–H and O–H groups in total. The van der Waals surface area contributed by atoms with Gasteiger partial charge in [0.25, 0.3) is 0 Å². The summed E-state index contributed by atoms with van der Waals surface area (Å²) in [6, 6.07) is 17.1. The standard InChI is InChI=1S/C41H39F2N9O3/c1-49-37-35(33-28-20-45-52(31-11-6-7-16-53-31)30(28)17-25-12-13-29(43)27(19-44)32(25)33)48-50(2)36(37)34-38(49)46-40(47-39(34)54-22-24-9-4-3-5-10-24)55-23-41-14-8-15-51(41)21-26(42)18-41/h3-5,9-10,12-13,17,20,26,31H,6-8,11,14-16,18,21-23H2,1-2H3/t26-,31?,41+/m1/s1. The molecule has 4 aromatic heterocycles. The maximum Gasteiger partial charge on any atom is 0.321 e. The van der Waals surface area contributed by atoms with Crippen LogP contribution in [0.5, 0.6) is 11.9 Å². The summed E-state index contributed by atoms with van der Waals surface area (Å²) >= 11 is 0. The van der Waals surface area contributed by atoms with Crippen molar-refractivity contribution in [1.29, 1.82) is 5.26 Å². The Morgan fingerprint density at radius 1 is 1.04 bits per heavy atom. The van der Waals surface area contributed by atoms with Gasteiger partial charge in [-0.2, -0.15) is 25.4 Å². The minimum Gasteiger partial charge on any atom is -0.472 e. The molecule has 10 rings (SSSR count). The zero-order valence-electron chi connectivity index (χ0n) is 30.6. The number of ether oxygens (including phenoxy) is 3. The molecule has 0 aliphatic carbocycles. The van der Waals surface area contributed by atoms with Gasteiger partial charge in [0.05, 0.1) is 28.3 Å². The molecule has 55 heavy (non-hydrogen) atoms. The molecule has 0 saturated carbocycles. The van der Waals surface area contributed by atoms with Gasteiger partial charge in [-0.05, 0) is 61.7 Å². The molecule has 12 nitrogen and oxygen atoms in total. The highest BCUT2D eigenvalue weighted by molar-refractivity contribution is 6.19. The molecule has 0 amide bonds. The van der Waals surface area contributed by atoms with Crippen LogP contribution in [0, 0.1) is 17.1 Å². The van der Waals surface area contributed by atoms with Crippen molar-refractivity contribution in [3.05, 3.63) is 71.7 Å². The lowest BCUT2D eigenvalue weighted by molar-refractivity contribution is -0.0366. The first kappa shape index (κ1) is 33.9. The summed E-state index contributed by atoms with van der Waals surface area (Å²) in [5.74, 6) is -0.303. The Labute approximate surface area is 314 Å². The van der Waals surface area contributed by atoms with E-state index in [1.54, 1.807) is 16.9 Å². The highest BCUT2D eigenvalue weighted by atomic mass is 19.1. The fraction of sp³-hybridized carbons (Fsp3) is 0.390. The average molecular weight is 744 g/mol. The predicted octanol–water partition coefficient (Wildman–Crippen LogP) is 7.27. The van der Waals surface area contributed by atoms with E-state index in [2.05, 4.69) is 11.0 Å². The number of halogens is 2. The second-order valence-electron chi connectivity index (χ2n) is 15.1. The number of alkyl halides is 1. The Bertz CT molecular complexity index is 2680. The van der Waals surface area contributed by atoms with Crippen LogP contribution in [0.4, 0.5) is 8.78 Å². The van der Waals surface area contributed by atoms with Gasteiger partial charge < -0.3 is 18.8 Å². The number of nitrogens with zero attached hydrogens (tertiary/aromatic N) is 9. The van der Waals surface area contributed by atoms with E-state index >= 15 is 4.39 Å². The maximum absolute atomic E-state index is 15.5. The molecule has 14 heteroatoms. The van der Waals surface area contributed by atoms with Gasteiger partial charge in [-0.3, -0.25) is 9.58 Å². The quantitative estimate of drug-likeness (QED) is 0.158. The van der Waals surface area contributed by atoms with Crippen LogP contribution in [-0.2, 0) is 25.4 Å². The van der Waals surface area contributed by atoms with Gasteiger partial charge in [-0.15, -0.1) is 0 Å². The molecule has 0 spiro atoms. The minimum atomic E-state index is -0.890. The van der Waals surface area contributed by atoms with Crippen LogP contribution in [-0.4, -0.2) is 77.0 Å². The van der Waals surface area contributed by atoms with Gasteiger partial charge in [0.1, 0.15) is 47.9 Å². The molecule has 3 aliphatic heterocycles. The highest BCUT2D eigenvalue weighted by Gasteiger charge is 2.49. The zero-order valence-corrected chi connectivity index (χ0v) is 30.6. The molecular weight excluding hydrogens is 705 g/mol. The second-order valence-corrected chi connectivity index (χ2v) is 15.1. The van der Waals surface area contributed by atoms with Gasteiger partial charge in [-0.1, -0.05) is 36.4 Å². The molecule has 3 atom stereocenters. The Morgan fingerprint density at radius 3 is 2.73 bits per heavy atom. The summed E-state index contributed by atoms with van der Waals surface area (Å²) in [7, 11) is 3.73. The number of aromatic nitrogens is 7. The van der Waals surface area contributed by atoms with Crippen molar-refractivity contribution in [2.75, 3.05) is 26.3 Å². The smallest absolute Gasteiger partial charge is 0.321 e. The van der Waals surface area contributed by atoms with E-state index in [9.17, 15) is 9.65 Å². The van der Waals surface area contributed by atoms with Crippen molar-refractivity contribution in [2.45, 2.75) is 63.1 Å². The number of nitriles is 1. The third kappa shape index (κ3) is 5.35. The molecule has 0 radical (unpaired) electrons. The molecule has 280 valence electrons. The van der Waals surface area contributed by atoms with Crippen molar-refractivity contribution >= 4 is 43.7 Å². The van der Waals surface area contributed by atoms with Crippen molar-refractivity contribution in [3.8, 4) is 29.2 Å². The van der Waals surface area contributed by atoms with Crippen LogP contribution >= 0.6 is 0 Å². The Balaban J connectivity index is 1.19. The van der Waals surface area contributed by atoms with E-state index in [4.69, 9.17) is 34.4 Å². The van der Waals surface area contributed by atoms with Crippen LogP contribution in [0.1, 0.15) is 55.9 Å². The maximum atomic E-state index is 15.5. The van der Waals surface area contributed by atoms with Crippen LogP contribution in [0.3, 0.4) is 0 Å². The van der Waals surface area contributed by atoms with Gasteiger partial charge >= 0.3 is 6.01 Å². The third-order valence-electron chi connectivity index (χ3n) is 11.8. The van der Waals surface area contributed by atoms with Gasteiger partial charge in [0.15, 0.2) is 11.9 Å². The molecule has 3 aliphatic rings. The van der Waals surface area contributed by atoms with Crippen LogP contribution < -0.4 is 9.47 Å². The van der Waals surface area contributed by atoms with Crippen molar-refractivity contribution in [2.24, 2.45) is 14.1 Å². The van der Waals surface area contributed by atoms with E-state index in [0.717, 1.165) is 49.7 Å². The number of aryl methyl sites for hydroxylation is 2. The van der Waals surface area contributed by atoms with Crippen molar-refractivity contribution in [1.82, 2.24) is 39.0 Å². The van der Waals surface area contributed by atoms with E-state index < -0.39 is 12.0 Å². The normalized spacial score (nSPS) is 21.6. The van der Waals surface area contributed by atoms with Crippen molar-refractivity contribution < 1.29 is 23.0 Å². The number of fused-ring (bicyclic) bond motifs is 6. The Hall–Kier alpha value is -5.65. The summed E-state index contributed by atoms with van der Waals surface area (Å²) in [5.41, 5.74) is 4.33. The molecule has 7 heterocycles. The van der Waals surface area contributed by atoms with Crippen molar-refractivity contribution in [3.63, 3.8) is 0 Å². The van der Waals surface area contributed by atoms with E-state index in [1.165, 1.54) is 6.07 Å². The van der Waals surface area contributed by atoms with Crippen LogP contribution in [0.2, 0.25) is 0 Å². The second kappa shape index (κ2) is 13.0. The Morgan fingerprint density at radius 2 is 1.91 bits per heavy atom. The van der Waals surface area contributed by atoms with Crippen LogP contribution in [0.25, 0.3) is 55.0 Å². The first-order valence-electron chi connectivity index (χ1n) is 18.9. The minimum absolute atomic E-state index is 0.0706. The summed E-state index contributed by atoms with van der Waals surface area (Å²) in [5, 5.41) is 22.7. The Kier molecular flexibility index (Phi) is 8.00. The summed E-state index contributed by atoms with van der Waals surface area (Å²) < 4.78 is 54.8. The first-order chi connectivity index (χ1) is 26.8. The molecule has 3 fully saturated rings. The monoisotopic (exact) mass is 743 g/mol. The molecule has 0 bridgehead atoms. The largest absolute Gasteiger partial charge is 0.472 e. The molecule has 1 unspecified atom stereocenters. The summed E-state index contributed by atoms with van der Waals surface area (Å²) in [4.78, 5) is 12.0. The van der Waals surface area contributed by atoms with E-state index in [-0.39, 0.29) is 36.6 Å². The lowest BCUT2D eigenvalue weighted by Gasteiger charge is -2.30. The van der Waals surface area contributed by atoms with Crippen LogP contribution in [0.15, 0.2) is 54.7 Å². The lowest BCUT2D eigenvalue weighted by atomic mass is 9.94. The zero-order chi connectivity index (χ0) is 37.4. The number of benzene rings is 3. The third-order valence-corrected chi connectivity index (χ3v) is 11.8. The number of hydrogen-bond acceptors (Lipinski definition) is 9. The predicted molar refractivity (Wildman–Crippen MR) is 202 cm³/mol. The first-order valence-corrected chi connectivity index (χ1v) is 18.9. The molecule has 7 aromatic rings. The van der Waals surface area contributed by atoms with E-state index in [0.29, 0.717) is 74.9 Å². The fourth-order valence-corrected chi connectivity index (χ4v) is 9.26. The van der Waals surface area contributed by atoms with Gasteiger partial charge in [0.2, 0.25) is 5.88 Å². The topological polar surface area (TPSA) is 121 Å². The summed E-state index contributed by atoms with van der Waals surface area (Å²) in [6.45, 7) is 2.41. The number of rotatable bonds is 8. The van der Waals surface area contributed by atoms with Gasteiger partial charge in [-0.25, -0.2) is 13.5 Å².